The van der Waals surface area contributed by atoms with Gasteiger partial charge in [0.2, 0.25) is 0 Å². The van der Waals surface area contributed by atoms with E-state index in [1.54, 1.807) is 0 Å². The van der Waals surface area contributed by atoms with Crippen LogP contribution < -0.4 is 0 Å². The third-order valence-corrected chi connectivity index (χ3v) is 5.44. The minimum absolute atomic E-state index is 0.0276. The molecule has 0 aliphatic rings. The molecule has 172 valence electrons. The average molecular weight is 413 g/mol. The number of hydrogen-bond acceptors (Lipinski definition) is 4. The van der Waals surface area contributed by atoms with Gasteiger partial charge in [0.1, 0.15) is 0 Å². The van der Waals surface area contributed by atoms with Gasteiger partial charge in [0.25, 0.3) is 0 Å². The molecule has 1 atom stereocenters. The minimum atomic E-state index is -0.0426. The smallest absolute Gasteiger partial charge is 0.306 e. The van der Waals surface area contributed by atoms with Gasteiger partial charge in [-0.25, -0.2) is 0 Å². The molecule has 0 saturated carbocycles. The van der Waals surface area contributed by atoms with E-state index in [0.29, 0.717) is 43.8 Å². The Morgan fingerprint density at radius 1 is 0.655 bits per heavy atom. The van der Waals surface area contributed by atoms with Gasteiger partial charge in [-0.3, -0.25) is 9.59 Å². The van der Waals surface area contributed by atoms with E-state index in [1.165, 1.54) is 32.1 Å². The van der Waals surface area contributed by atoms with Gasteiger partial charge >= 0.3 is 11.9 Å². The topological polar surface area (TPSA) is 52.6 Å². The highest BCUT2D eigenvalue weighted by atomic mass is 16.5. The van der Waals surface area contributed by atoms with Crippen LogP contribution in [0, 0.1) is 17.8 Å². The first-order valence-corrected chi connectivity index (χ1v) is 12.2. The lowest BCUT2D eigenvalue weighted by atomic mass is 9.95. The second-order valence-electron chi connectivity index (χ2n) is 9.30. The largest absolute Gasteiger partial charge is 0.466 e. The highest BCUT2D eigenvalue weighted by Crippen LogP contribution is 2.19. The molecule has 0 aliphatic carbocycles. The summed E-state index contributed by atoms with van der Waals surface area (Å²) in [4.78, 5) is 23.5. The van der Waals surface area contributed by atoms with Crippen LogP contribution in [-0.2, 0) is 19.1 Å². The van der Waals surface area contributed by atoms with Gasteiger partial charge in [-0.1, -0.05) is 79.6 Å². The molecule has 0 fully saturated rings. The summed E-state index contributed by atoms with van der Waals surface area (Å²) in [6.45, 7) is 11.9. The van der Waals surface area contributed by atoms with Crippen LogP contribution in [0.1, 0.15) is 118 Å². The van der Waals surface area contributed by atoms with Gasteiger partial charge in [0.05, 0.1) is 13.2 Å². The van der Waals surface area contributed by atoms with Crippen molar-refractivity contribution in [2.45, 2.75) is 118 Å². The highest BCUT2D eigenvalue weighted by Gasteiger charge is 2.13. The number of ether oxygens (including phenoxy) is 2. The van der Waals surface area contributed by atoms with Crippen molar-refractivity contribution in [3.8, 4) is 0 Å². The Morgan fingerprint density at radius 2 is 1.14 bits per heavy atom. The molecular weight excluding hydrogens is 364 g/mol. The highest BCUT2D eigenvalue weighted by molar-refractivity contribution is 5.69. The SMILES string of the molecule is CCC(CCCCCCCCCC(=O)OCCC(C)C)CC(=O)OCCC(C)C. The van der Waals surface area contributed by atoms with E-state index < -0.39 is 0 Å². The fourth-order valence-corrected chi connectivity index (χ4v) is 3.22. The maximum atomic E-state index is 11.9. The average Bonchev–Trinajstić information content (AvgIpc) is 2.65. The summed E-state index contributed by atoms with van der Waals surface area (Å²) in [5.41, 5.74) is 0. The Kier molecular flexibility index (Phi) is 18.2. The van der Waals surface area contributed by atoms with Crippen LogP contribution >= 0.6 is 0 Å². The van der Waals surface area contributed by atoms with Crippen molar-refractivity contribution < 1.29 is 19.1 Å². The second kappa shape index (κ2) is 18.9. The molecule has 0 amide bonds. The summed E-state index contributed by atoms with van der Waals surface area (Å²) < 4.78 is 10.6. The van der Waals surface area contributed by atoms with Gasteiger partial charge in [-0.05, 0) is 43.4 Å². The summed E-state index contributed by atoms with van der Waals surface area (Å²) in [5.74, 6) is 1.55. The predicted molar refractivity (Wildman–Crippen MR) is 121 cm³/mol. The van der Waals surface area contributed by atoms with Crippen LogP contribution in [0.2, 0.25) is 0 Å². The van der Waals surface area contributed by atoms with Crippen LogP contribution in [0.25, 0.3) is 0 Å². The van der Waals surface area contributed by atoms with E-state index >= 15 is 0 Å². The Balaban J connectivity index is 3.53. The van der Waals surface area contributed by atoms with E-state index in [-0.39, 0.29) is 11.9 Å². The van der Waals surface area contributed by atoms with Gasteiger partial charge in [0, 0.05) is 12.8 Å². The fraction of sp³-hybridized carbons (Fsp3) is 0.920. The first kappa shape index (κ1) is 27.9. The summed E-state index contributed by atoms with van der Waals surface area (Å²) >= 11 is 0. The monoisotopic (exact) mass is 412 g/mol. The van der Waals surface area contributed by atoms with E-state index in [2.05, 4.69) is 34.6 Å². The zero-order chi connectivity index (χ0) is 21.9. The quantitative estimate of drug-likeness (QED) is 0.168. The van der Waals surface area contributed by atoms with Crippen LogP contribution in [-0.4, -0.2) is 25.2 Å². The molecule has 4 heteroatoms. The molecule has 0 N–H and O–H groups in total. The normalized spacial score (nSPS) is 12.4. The third kappa shape index (κ3) is 20.0. The van der Waals surface area contributed by atoms with Gasteiger partial charge in [-0.15, -0.1) is 0 Å². The van der Waals surface area contributed by atoms with E-state index in [1.807, 2.05) is 0 Å². The fourth-order valence-electron chi connectivity index (χ4n) is 3.22. The third-order valence-electron chi connectivity index (χ3n) is 5.44. The summed E-state index contributed by atoms with van der Waals surface area (Å²) in [6.07, 6.45) is 13.3. The first-order valence-electron chi connectivity index (χ1n) is 12.2. The molecule has 0 heterocycles. The molecule has 0 saturated heterocycles. The molecule has 0 bridgehead atoms. The van der Waals surface area contributed by atoms with Crippen molar-refractivity contribution in [1.29, 1.82) is 0 Å². The van der Waals surface area contributed by atoms with Crippen LogP contribution in [0.15, 0.2) is 0 Å². The molecule has 0 aromatic heterocycles. The number of carbonyl (C=O) groups excluding carboxylic acids is 2. The number of esters is 2. The lowest BCUT2D eigenvalue weighted by Gasteiger charge is -2.14. The summed E-state index contributed by atoms with van der Waals surface area (Å²) in [6, 6.07) is 0. The molecular formula is C25H48O4. The molecule has 0 aliphatic heterocycles. The standard InChI is InChI=1S/C25H48O4/c1-6-23(20-25(27)29-19-17-22(4)5)14-12-10-8-7-9-11-13-15-24(26)28-18-16-21(2)3/h21-23H,6-20H2,1-5H3. The number of hydrogen-bond donors (Lipinski definition) is 0. The molecule has 0 aromatic carbocycles. The van der Waals surface area contributed by atoms with E-state index in [9.17, 15) is 9.59 Å². The minimum Gasteiger partial charge on any atom is -0.466 e. The van der Waals surface area contributed by atoms with Crippen LogP contribution in [0.4, 0.5) is 0 Å². The van der Waals surface area contributed by atoms with Crippen LogP contribution in [0.3, 0.4) is 0 Å². The maximum absolute atomic E-state index is 11.9. The van der Waals surface area contributed by atoms with Gasteiger partial charge < -0.3 is 9.47 Å². The number of rotatable bonds is 19. The molecule has 29 heavy (non-hydrogen) atoms. The van der Waals surface area contributed by atoms with Crippen LogP contribution in [0.5, 0.6) is 0 Å². The van der Waals surface area contributed by atoms with Crippen molar-refractivity contribution in [1.82, 2.24) is 0 Å². The number of carbonyl (C=O) groups is 2. The first-order chi connectivity index (χ1) is 13.8. The molecule has 0 aromatic rings. The number of unbranched alkanes of at least 4 members (excludes halogenated alkanes) is 6. The molecule has 4 nitrogen and oxygen atoms in total. The molecule has 1 unspecified atom stereocenters. The van der Waals surface area contributed by atoms with Crippen molar-refractivity contribution in [2.24, 2.45) is 17.8 Å². The lowest BCUT2D eigenvalue weighted by Crippen LogP contribution is -2.13. The van der Waals surface area contributed by atoms with Gasteiger partial charge in [0.15, 0.2) is 0 Å². The molecule has 0 radical (unpaired) electrons. The predicted octanol–water partition coefficient (Wildman–Crippen LogP) is 7.09. The Labute approximate surface area is 180 Å². The maximum Gasteiger partial charge on any atom is 0.306 e. The Hall–Kier alpha value is -1.06. The van der Waals surface area contributed by atoms with E-state index in [0.717, 1.165) is 38.5 Å². The van der Waals surface area contributed by atoms with E-state index in [4.69, 9.17) is 9.47 Å². The van der Waals surface area contributed by atoms with Crippen molar-refractivity contribution in [2.75, 3.05) is 13.2 Å². The van der Waals surface area contributed by atoms with Gasteiger partial charge in [-0.2, -0.15) is 0 Å². The Morgan fingerprint density at radius 3 is 1.66 bits per heavy atom. The molecule has 0 rings (SSSR count). The lowest BCUT2D eigenvalue weighted by molar-refractivity contribution is -0.145. The molecule has 0 spiro atoms. The zero-order valence-electron chi connectivity index (χ0n) is 20.0. The summed E-state index contributed by atoms with van der Waals surface area (Å²) in [5, 5.41) is 0. The van der Waals surface area contributed by atoms with Crippen molar-refractivity contribution in [3.05, 3.63) is 0 Å². The van der Waals surface area contributed by atoms with Crippen molar-refractivity contribution in [3.63, 3.8) is 0 Å². The van der Waals surface area contributed by atoms with Crippen molar-refractivity contribution >= 4 is 11.9 Å². The second-order valence-corrected chi connectivity index (χ2v) is 9.30. The Bertz CT molecular complexity index is 404. The zero-order valence-corrected chi connectivity index (χ0v) is 20.0. The summed E-state index contributed by atoms with van der Waals surface area (Å²) in [7, 11) is 0.